The molecule has 2 aliphatic rings. The molecule has 2 aliphatic heterocycles. The smallest absolute Gasteiger partial charge is 0.231 e. The van der Waals surface area contributed by atoms with Crippen molar-refractivity contribution >= 4 is 11.6 Å². The fourth-order valence-electron chi connectivity index (χ4n) is 4.21. The number of carbonyl (C=O) groups excluding carboxylic acids is 1. The maximum atomic E-state index is 14.2. The first-order valence-electron chi connectivity index (χ1n) is 10.9. The molecule has 0 aromatic heterocycles. The fraction of sp³-hybridized carbons (Fsp3) is 0.458. The molecule has 2 heterocycles. The lowest BCUT2D eigenvalue weighted by atomic mass is 10.0. The monoisotopic (exact) mass is 427 g/mol. The number of anilines is 1. The molecule has 1 saturated heterocycles. The molecule has 0 spiro atoms. The average Bonchev–Trinajstić information content (AvgIpc) is 3.22. The van der Waals surface area contributed by atoms with Crippen LogP contribution in [0.25, 0.3) is 0 Å². The molecule has 2 aromatic rings. The fourth-order valence-corrected chi connectivity index (χ4v) is 4.21. The molecule has 7 heteroatoms. The molecule has 31 heavy (non-hydrogen) atoms. The van der Waals surface area contributed by atoms with Crippen molar-refractivity contribution in [2.75, 3.05) is 44.4 Å². The molecular formula is C24H30FN3O3. The Morgan fingerprint density at radius 2 is 1.81 bits per heavy atom. The summed E-state index contributed by atoms with van der Waals surface area (Å²) >= 11 is 0. The van der Waals surface area contributed by atoms with Gasteiger partial charge in [0, 0.05) is 39.1 Å². The first-order valence-corrected chi connectivity index (χ1v) is 10.9. The number of hydrogen-bond acceptors (Lipinski definition) is 5. The third kappa shape index (κ3) is 5.10. The van der Waals surface area contributed by atoms with E-state index in [1.54, 1.807) is 6.07 Å². The minimum absolute atomic E-state index is 0.00776. The van der Waals surface area contributed by atoms with Crippen LogP contribution in [0, 0.1) is 11.7 Å². The Hall–Kier alpha value is -2.80. The highest BCUT2D eigenvalue weighted by atomic mass is 19.1. The highest BCUT2D eigenvalue weighted by molar-refractivity contribution is 5.76. The lowest BCUT2D eigenvalue weighted by molar-refractivity contribution is -0.122. The van der Waals surface area contributed by atoms with Gasteiger partial charge in [-0.25, -0.2) is 4.39 Å². The first-order chi connectivity index (χ1) is 15.0. The zero-order chi connectivity index (χ0) is 21.8. The average molecular weight is 428 g/mol. The summed E-state index contributed by atoms with van der Waals surface area (Å²) in [5.41, 5.74) is 1.72. The van der Waals surface area contributed by atoms with Gasteiger partial charge < -0.3 is 19.7 Å². The molecule has 0 radical (unpaired) electrons. The van der Waals surface area contributed by atoms with Crippen LogP contribution in [0.15, 0.2) is 42.5 Å². The van der Waals surface area contributed by atoms with Gasteiger partial charge in [0.05, 0.1) is 11.7 Å². The third-order valence-electron chi connectivity index (χ3n) is 5.82. The van der Waals surface area contributed by atoms with Gasteiger partial charge in [-0.3, -0.25) is 9.69 Å². The number of piperazine rings is 1. The Balaban J connectivity index is 1.48. The summed E-state index contributed by atoms with van der Waals surface area (Å²) < 4.78 is 25.2. The number of fused-ring (bicyclic) bond motifs is 1. The third-order valence-corrected chi connectivity index (χ3v) is 5.82. The molecule has 1 N–H and O–H groups in total. The Morgan fingerprint density at radius 3 is 2.55 bits per heavy atom. The summed E-state index contributed by atoms with van der Waals surface area (Å²) in [5, 5.41) is 3.10. The van der Waals surface area contributed by atoms with Gasteiger partial charge in [-0.1, -0.05) is 32.0 Å². The van der Waals surface area contributed by atoms with E-state index >= 15 is 0 Å². The van der Waals surface area contributed by atoms with Crippen molar-refractivity contribution in [3.05, 3.63) is 53.8 Å². The second-order valence-electron chi connectivity index (χ2n) is 8.50. The van der Waals surface area contributed by atoms with E-state index in [1.807, 2.05) is 44.2 Å². The van der Waals surface area contributed by atoms with Crippen molar-refractivity contribution in [3.63, 3.8) is 0 Å². The number of amides is 1. The number of benzene rings is 2. The minimum atomic E-state index is -0.191. The standard InChI is InChI=1S/C24H30FN3O3/c1-17(2)13-24(29)26-15-21(18-7-8-22-23(14-18)31-16-30-22)28-11-9-27(10-12-28)20-6-4-3-5-19(20)25/h3-8,14,17,21H,9-13,15-16H2,1-2H3,(H,26,29)/t21-/m0/s1. The predicted molar refractivity (Wildman–Crippen MR) is 118 cm³/mol. The van der Waals surface area contributed by atoms with E-state index in [0.717, 1.165) is 43.2 Å². The van der Waals surface area contributed by atoms with Crippen LogP contribution in [0.4, 0.5) is 10.1 Å². The second-order valence-corrected chi connectivity index (χ2v) is 8.50. The maximum Gasteiger partial charge on any atom is 0.231 e. The zero-order valence-corrected chi connectivity index (χ0v) is 18.1. The van der Waals surface area contributed by atoms with Gasteiger partial charge in [0.1, 0.15) is 5.82 Å². The summed E-state index contributed by atoms with van der Waals surface area (Å²) in [6.45, 7) is 7.82. The number of ether oxygens (including phenoxy) is 2. The number of hydrogen-bond donors (Lipinski definition) is 1. The van der Waals surface area contributed by atoms with E-state index in [-0.39, 0.29) is 24.6 Å². The number of nitrogens with zero attached hydrogens (tertiary/aromatic N) is 2. The molecule has 0 saturated carbocycles. The molecular weight excluding hydrogens is 397 g/mol. The molecule has 166 valence electrons. The van der Waals surface area contributed by atoms with Crippen LogP contribution in [-0.4, -0.2) is 50.3 Å². The quantitative estimate of drug-likeness (QED) is 0.732. The van der Waals surface area contributed by atoms with Crippen molar-refractivity contribution in [3.8, 4) is 11.5 Å². The maximum absolute atomic E-state index is 14.2. The predicted octanol–water partition coefficient (Wildman–Crippen LogP) is 3.58. The van der Waals surface area contributed by atoms with Gasteiger partial charge >= 0.3 is 0 Å². The molecule has 6 nitrogen and oxygen atoms in total. The summed E-state index contributed by atoms with van der Waals surface area (Å²) in [6.07, 6.45) is 0.509. The molecule has 4 rings (SSSR count). The van der Waals surface area contributed by atoms with Crippen LogP contribution >= 0.6 is 0 Å². The molecule has 0 aliphatic carbocycles. The highest BCUT2D eigenvalue weighted by Crippen LogP contribution is 2.36. The molecule has 1 atom stereocenters. The second kappa shape index (κ2) is 9.56. The van der Waals surface area contributed by atoms with E-state index < -0.39 is 0 Å². The number of rotatable bonds is 7. The van der Waals surface area contributed by atoms with E-state index in [2.05, 4.69) is 15.1 Å². The number of para-hydroxylation sites is 1. The number of halogens is 1. The van der Waals surface area contributed by atoms with Crippen molar-refractivity contribution in [2.45, 2.75) is 26.3 Å². The van der Waals surface area contributed by atoms with Crippen LogP contribution in [0.5, 0.6) is 11.5 Å². The summed E-state index contributed by atoms with van der Waals surface area (Å²) in [5.74, 6) is 1.67. The van der Waals surface area contributed by atoms with Crippen LogP contribution < -0.4 is 19.7 Å². The SMILES string of the molecule is CC(C)CC(=O)NC[C@@H](c1ccc2c(c1)OCO2)N1CCN(c2ccccc2F)CC1. The van der Waals surface area contributed by atoms with Crippen LogP contribution in [0.2, 0.25) is 0 Å². The van der Waals surface area contributed by atoms with Gasteiger partial charge in [-0.05, 0) is 35.7 Å². The van der Waals surface area contributed by atoms with Crippen LogP contribution in [-0.2, 0) is 4.79 Å². The van der Waals surface area contributed by atoms with Gasteiger partial charge in [0.15, 0.2) is 11.5 Å². The van der Waals surface area contributed by atoms with E-state index in [9.17, 15) is 9.18 Å². The molecule has 0 bridgehead atoms. The summed E-state index contributed by atoms with van der Waals surface area (Å²) in [4.78, 5) is 16.7. The highest BCUT2D eigenvalue weighted by Gasteiger charge is 2.28. The molecule has 2 aromatic carbocycles. The lowest BCUT2D eigenvalue weighted by Gasteiger charge is -2.40. The summed E-state index contributed by atoms with van der Waals surface area (Å²) in [7, 11) is 0. The Bertz CT molecular complexity index is 913. The minimum Gasteiger partial charge on any atom is -0.454 e. The molecule has 1 fully saturated rings. The molecule has 0 unspecified atom stereocenters. The Labute approximate surface area is 182 Å². The van der Waals surface area contributed by atoms with Crippen molar-refractivity contribution < 1.29 is 18.7 Å². The van der Waals surface area contributed by atoms with Gasteiger partial charge in [-0.2, -0.15) is 0 Å². The normalized spacial score (nSPS) is 17.1. The van der Waals surface area contributed by atoms with Gasteiger partial charge in [0.25, 0.3) is 0 Å². The Kier molecular flexibility index (Phi) is 6.61. The summed E-state index contributed by atoms with van der Waals surface area (Å²) in [6, 6.07) is 12.9. The van der Waals surface area contributed by atoms with Crippen LogP contribution in [0.3, 0.4) is 0 Å². The molecule has 1 amide bonds. The van der Waals surface area contributed by atoms with Gasteiger partial charge in [-0.15, -0.1) is 0 Å². The lowest BCUT2D eigenvalue weighted by Crippen LogP contribution is -2.50. The van der Waals surface area contributed by atoms with Crippen LogP contribution in [0.1, 0.15) is 31.9 Å². The largest absolute Gasteiger partial charge is 0.454 e. The van der Waals surface area contributed by atoms with Gasteiger partial charge in [0.2, 0.25) is 12.7 Å². The topological polar surface area (TPSA) is 54.0 Å². The van der Waals surface area contributed by atoms with E-state index in [4.69, 9.17) is 9.47 Å². The van der Waals surface area contributed by atoms with E-state index in [0.29, 0.717) is 24.6 Å². The van der Waals surface area contributed by atoms with Crippen molar-refractivity contribution in [2.24, 2.45) is 5.92 Å². The van der Waals surface area contributed by atoms with Crippen molar-refractivity contribution in [1.82, 2.24) is 10.2 Å². The first kappa shape index (κ1) is 21.4. The number of carbonyl (C=O) groups is 1. The Morgan fingerprint density at radius 1 is 1.06 bits per heavy atom. The number of nitrogens with one attached hydrogen (secondary N) is 1. The van der Waals surface area contributed by atoms with E-state index in [1.165, 1.54) is 6.07 Å². The zero-order valence-electron chi connectivity index (χ0n) is 18.1. The van der Waals surface area contributed by atoms with Crippen molar-refractivity contribution in [1.29, 1.82) is 0 Å².